The molecular weight excluding hydrogens is 347 g/mol. The summed E-state index contributed by atoms with van der Waals surface area (Å²) >= 11 is 0. The van der Waals surface area contributed by atoms with Crippen molar-refractivity contribution in [3.8, 4) is 0 Å². The van der Waals surface area contributed by atoms with Crippen molar-refractivity contribution in [3.05, 3.63) is 35.4 Å². The van der Waals surface area contributed by atoms with Crippen LogP contribution in [-0.2, 0) is 11.0 Å². The Morgan fingerprint density at radius 2 is 1.65 bits per heavy atom. The van der Waals surface area contributed by atoms with E-state index in [4.69, 9.17) is 0 Å². The molecule has 142 valence electrons. The zero-order valence-electron chi connectivity index (χ0n) is 14.6. The molecule has 2 fully saturated rings. The molecule has 1 aromatic rings. The highest BCUT2D eigenvalue weighted by Gasteiger charge is 2.46. The summed E-state index contributed by atoms with van der Waals surface area (Å²) in [5, 5.41) is 2.74. The van der Waals surface area contributed by atoms with E-state index in [1.165, 1.54) is 12.1 Å². The third kappa shape index (κ3) is 3.94. The van der Waals surface area contributed by atoms with Crippen molar-refractivity contribution in [1.29, 1.82) is 0 Å². The van der Waals surface area contributed by atoms with Gasteiger partial charge in [0.05, 0.1) is 5.56 Å². The van der Waals surface area contributed by atoms with Gasteiger partial charge in [-0.1, -0.05) is 12.1 Å². The monoisotopic (exact) mass is 369 g/mol. The molecule has 0 bridgehead atoms. The fraction of sp³-hybridized carbons (Fsp3) is 0.556. The maximum Gasteiger partial charge on any atom is 0.416 e. The number of urea groups is 1. The van der Waals surface area contributed by atoms with Crippen molar-refractivity contribution < 1.29 is 22.8 Å². The summed E-state index contributed by atoms with van der Waals surface area (Å²) in [6, 6.07) is 4.95. The van der Waals surface area contributed by atoms with Gasteiger partial charge in [0.2, 0.25) is 5.91 Å². The van der Waals surface area contributed by atoms with Gasteiger partial charge in [-0.05, 0) is 37.0 Å². The molecule has 3 rings (SSSR count). The lowest BCUT2D eigenvalue weighted by molar-refractivity contribution is -0.137. The first kappa shape index (κ1) is 18.5. The number of nitrogens with zero attached hydrogens (tertiary/aromatic N) is 2. The largest absolute Gasteiger partial charge is 0.416 e. The number of halogens is 3. The summed E-state index contributed by atoms with van der Waals surface area (Å²) in [6.07, 6.45) is -3.68. The molecule has 1 aromatic carbocycles. The summed E-state index contributed by atoms with van der Waals surface area (Å²) in [7, 11) is 0. The van der Waals surface area contributed by atoms with Gasteiger partial charge >= 0.3 is 12.2 Å². The first-order valence-corrected chi connectivity index (χ1v) is 8.80. The van der Waals surface area contributed by atoms with Crippen LogP contribution in [0.1, 0.15) is 30.4 Å². The van der Waals surface area contributed by atoms with Gasteiger partial charge in [0.25, 0.3) is 0 Å². The van der Waals surface area contributed by atoms with E-state index in [-0.39, 0.29) is 23.8 Å². The molecule has 0 radical (unpaired) electrons. The van der Waals surface area contributed by atoms with E-state index in [1.807, 2.05) is 6.92 Å². The number of carbonyl (C=O) groups is 2. The number of amides is 3. The number of alkyl halides is 3. The molecule has 3 amide bonds. The predicted octanol–water partition coefficient (Wildman–Crippen LogP) is 2.68. The first-order valence-electron chi connectivity index (χ1n) is 8.80. The number of carbonyl (C=O) groups excluding carboxylic acids is 2. The summed E-state index contributed by atoms with van der Waals surface area (Å²) < 4.78 is 37.9. The third-order valence-electron chi connectivity index (χ3n) is 4.98. The van der Waals surface area contributed by atoms with Crippen LogP contribution in [0.5, 0.6) is 0 Å². The van der Waals surface area contributed by atoms with Gasteiger partial charge < -0.3 is 15.1 Å². The van der Waals surface area contributed by atoms with Crippen LogP contribution in [0, 0.1) is 5.92 Å². The maximum absolute atomic E-state index is 12.6. The molecule has 1 N–H and O–H groups in total. The molecule has 0 spiro atoms. The highest BCUT2D eigenvalue weighted by Crippen LogP contribution is 2.49. The smallest absolute Gasteiger partial charge is 0.339 e. The Labute approximate surface area is 150 Å². The molecule has 2 aliphatic rings. The minimum atomic E-state index is -4.35. The molecular formula is C18H22F3N3O2. The highest BCUT2D eigenvalue weighted by atomic mass is 19.4. The molecule has 26 heavy (non-hydrogen) atoms. The number of piperazine rings is 1. The van der Waals surface area contributed by atoms with Crippen LogP contribution < -0.4 is 5.32 Å². The zero-order chi connectivity index (χ0) is 18.9. The van der Waals surface area contributed by atoms with Gasteiger partial charge in [-0.3, -0.25) is 4.79 Å². The maximum atomic E-state index is 12.6. The molecule has 5 nitrogen and oxygen atoms in total. The zero-order valence-corrected chi connectivity index (χ0v) is 14.6. The van der Waals surface area contributed by atoms with Gasteiger partial charge in [0.1, 0.15) is 0 Å². The van der Waals surface area contributed by atoms with Crippen molar-refractivity contribution in [2.45, 2.75) is 25.4 Å². The minimum Gasteiger partial charge on any atom is -0.339 e. The number of benzene rings is 1. The fourth-order valence-electron chi connectivity index (χ4n) is 3.38. The van der Waals surface area contributed by atoms with E-state index in [9.17, 15) is 22.8 Å². The quantitative estimate of drug-likeness (QED) is 0.891. The van der Waals surface area contributed by atoms with Crippen molar-refractivity contribution in [2.75, 3.05) is 32.7 Å². The average molecular weight is 369 g/mol. The summed E-state index contributed by atoms with van der Waals surface area (Å²) in [5.74, 6) is -0.139. The third-order valence-corrected chi connectivity index (χ3v) is 4.98. The van der Waals surface area contributed by atoms with Gasteiger partial charge in [-0.15, -0.1) is 0 Å². The number of nitrogens with one attached hydrogen (secondary N) is 1. The number of hydrogen-bond donors (Lipinski definition) is 1. The van der Waals surface area contributed by atoms with E-state index in [1.54, 1.807) is 9.80 Å². The highest BCUT2D eigenvalue weighted by molar-refractivity contribution is 5.83. The Hall–Kier alpha value is -2.25. The van der Waals surface area contributed by atoms with Gasteiger partial charge in [-0.2, -0.15) is 13.2 Å². The molecule has 2 atom stereocenters. The van der Waals surface area contributed by atoms with E-state index in [2.05, 4.69) is 5.32 Å². The summed E-state index contributed by atoms with van der Waals surface area (Å²) in [5.41, 5.74) is 0.101. The Kier molecular flexibility index (Phi) is 5.11. The van der Waals surface area contributed by atoms with Crippen LogP contribution in [0.25, 0.3) is 0 Å². The SMILES string of the molecule is CCNC(=O)N1CCN(C(=O)C2CC2c2ccc(C(F)(F)F)cc2)CC1. The van der Waals surface area contributed by atoms with Crippen molar-refractivity contribution in [3.63, 3.8) is 0 Å². The summed E-state index contributed by atoms with van der Waals surface area (Å²) in [6.45, 7) is 4.39. The molecule has 0 aromatic heterocycles. The van der Waals surface area contributed by atoms with Gasteiger partial charge in [0.15, 0.2) is 0 Å². The second kappa shape index (κ2) is 7.17. The standard InChI is InChI=1S/C18H22F3N3O2/c1-2-22-17(26)24-9-7-23(8-10-24)16(25)15-11-14(15)12-3-5-13(6-4-12)18(19,20)21/h3-6,14-15H,2,7-11H2,1H3,(H,22,26). The van der Waals surface area contributed by atoms with Crippen molar-refractivity contribution >= 4 is 11.9 Å². The van der Waals surface area contributed by atoms with E-state index < -0.39 is 11.7 Å². The van der Waals surface area contributed by atoms with Gasteiger partial charge in [0, 0.05) is 38.6 Å². The lowest BCUT2D eigenvalue weighted by Crippen LogP contribution is -2.53. The van der Waals surface area contributed by atoms with Crippen LogP contribution in [-0.4, -0.2) is 54.5 Å². The van der Waals surface area contributed by atoms with Crippen LogP contribution in [0.4, 0.5) is 18.0 Å². The molecule has 1 aliphatic carbocycles. The van der Waals surface area contributed by atoms with Crippen molar-refractivity contribution in [1.82, 2.24) is 15.1 Å². The fourth-order valence-corrected chi connectivity index (χ4v) is 3.38. The Balaban J connectivity index is 1.53. The predicted molar refractivity (Wildman–Crippen MR) is 89.5 cm³/mol. The molecule has 1 saturated carbocycles. The Bertz CT molecular complexity index is 667. The van der Waals surface area contributed by atoms with Crippen LogP contribution in [0.3, 0.4) is 0 Å². The summed E-state index contributed by atoms with van der Waals surface area (Å²) in [4.78, 5) is 27.8. The second-order valence-electron chi connectivity index (χ2n) is 6.72. The van der Waals surface area contributed by atoms with Gasteiger partial charge in [-0.25, -0.2) is 4.79 Å². The average Bonchev–Trinajstić information content (AvgIpc) is 3.41. The lowest BCUT2D eigenvalue weighted by Gasteiger charge is -2.34. The number of hydrogen-bond acceptors (Lipinski definition) is 2. The topological polar surface area (TPSA) is 52.7 Å². The van der Waals surface area contributed by atoms with E-state index >= 15 is 0 Å². The lowest BCUT2D eigenvalue weighted by atomic mass is 10.1. The van der Waals surface area contributed by atoms with E-state index in [0.717, 1.165) is 17.7 Å². The molecule has 8 heteroatoms. The Morgan fingerprint density at radius 1 is 1.08 bits per heavy atom. The molecule has 1 heterocycles. The Morgan fingerprint density at radius 3 is 2.19 bits per heavy atom. The van der Waals surface area contributed by atoms with Crippen molar-refractivity contribution in [2.24, 2.45) is 5.92 Å². The first-order chi connectivity index (χ1) is 12.3. The second-order valence-corrected chi connectivity index (χ2v) is 6.72. The van der Waals surface area contributed by atoms with E-state index in [0.29, 0.717) is 39.1 Å². The molecule has 2 unspecified atom stereocenters. The van der Waals surface area contributed by atoms with Crippen LogP contribution >= 0.6 is 0 Å². The normalized spacial score (nSPS) is 22.9. The number of rotatable bonds is 3. The van der Waals surface area contributed by atoms with Crippen LogP contribution in [0.15, 0.2) is 24.3 Å². The minimum absolute atomic E-state index is 0.00815. The molecule has 1 saturated heterocycles. The molecule has 1 aliphatic heterocycles. The van der Waals surface area contributed by atoms with Crippen LogP contribution in [0.2, 0.25) is 0 Å².